The molecule has 0 aromatic heterocycles. The summed E-state index contributed by atoms with van der Waals surface area (Å²) in [7, 11) is -11.7. The fourth-order valence-corrected chi connectivity index (χ4v) is 3.80. The van der Waals surface area contributed by atoms with Crippen LogP contribution in [0.15, 0.2) is 10.6 Å². The topological polar surface area (TPSA) is 115 Å². The molecule has 0 unspecified atom stereocenters. The van der Waals surface area contributed by atoms with E-state index in [0.717, 1.165) is 0 Å². The first-order valence-electron chi connectivity index (χ1n) is 3.37. The standard InChI is InChI=1S/C4H4F4O6P2/c5-3(6)1(15(9,10)11)2(4(3,7)8)16(12,13)14/h(H2,9,10,11)(H2,12,13,14). The minimum absolute atomic E-state index is 2.50. The lowest BCUT2D eigenvalue weighted by atomic mass is 10.00. The van der Waals surface area contributed by atoms with Crippen LogP contribution >= 0.6 is 15.2 Å². The number of alkyl halides is 4. The van der Waals surface area contributed by atoms with E-state index in [0.29, 0.717) is 0 Å². The average Bonchev–Trinajstić information content (AvgIpc) is 1.94. The van der Waals surface area contributed by atoms with Crippen molar-refractivity contribution in [2.45, 2.75) is 11.8 Å². The number of halogens is 4. The van der Waals surface area contributed by atoms with Crippen molar-refractivity contribution in [2.24, 2.45) is 0 Å². The first-order chi connectivity index (χ1) is 6.74. The molecule has 0 spiro atoms. The van der Waals surface area contributed by atoms with Crippen molar-refractivity contribution in [3.63, 3.8) is 0 Å². The van der Waals surface area contributed by atoms with Gasteiger partial charge in [-0.15, -0.1) is 0 Å². The molecule has 4 N–H and O–H groups in total. The van der Waals surface area contributed by atoms with Crippen LogP contribution in [0, 0.1) is 0 Å². The Bertz CT molecular complexity index is 415. The van der Waals surface area contributed by atoms with Crippen molar-refractivity contribution in [2.75, 3.05) is 0 Å². The summed E-state index contributed by atoms with van der Waals surface area (Å²) in [5.74, 6) is -10.5. The van der Waals surface area contributed by atoms with Crippen LogP contribution in [0.5, 0.6) is 0 Å². The SMILES string of the molecule is O=P(O)(O)C1=C(P(=O)(O)O)C(F)(F)C1(F)F. The van der Waals surface area contributed by atoms with Gasteiger partial charge in [-0.05, 0) is 0 Å². The van der Waals surface area contributed by atoms with Crippen molar-refractivity contribution in [3.05, 3.63) is 10.6 Å². The highest BCUT2D eigenvalue weighted by atomic mass is 31.2. The molecule has 0 atom stereocenters. The second kappa shape index (κ2) is 3.16. The van der Waals surface area contributed by atoms with Gasteiger partial charge in [0.1, 0.15) is 10.6 Å². The van der Waals surface area contributed by atoms with Gasteiger partial charge in [-0.1, -0.05) is 0 Å². The van der Waals surface area contributed by atoms with E-state index in [9.17, 15) is 26.7 Å². The summed E-state index contributed by atoms with van der Waals surface area (Å²) in [4.78, 5) is 33.3. The Kier molecular flexibility index (Phi) is 2.73. The predicted octanol–water partition coefficient (Wildman–Crippen LogP) is 0.838. The lowest BCUT2D eigenvalue weighted by Gasteiger charge is -2.40. The number of hydrogen-bond acceptors (Lipinski definition) is 2. The maximum atomic E-state index is 12.6. The molecule has 12 heteroatoms. The van der Waals surface area contributed by atoms with Crippen LogP contribution in [0.4, 0.5) is 17.6 Å². The van der Waals surface area contributed by atoms with E-state index in [1.165, 1.54) is 0 Å². The Morgan fingerprint density at radius 3 is 1.06 bits per heavy atom. The van der Waals surface area contributed by atoms with Crippen molar-refractivity contribution in [1.82, 2.24) is 0 Å². The zero-order chi connectivity index (χ0) is 13.2. The minimum atomic E-state index is -5.87. The molecule has 94 valence electrons. The van der Waals surface area contributed by atoms with E-state index in [1.807, 2.05) is 0 Å². The third-order valence-electron chi connectivity index (χ3n) is 1.80. The molecule has 0 saturated carbocycles. The molecule has 1 aliphatic rings. The Morgan fingerprint density at radius 1 is 0.750 bits per heavy atom. The Morgan fingerprint density at radius 2 is 0.938 bits per heavy atom. The highest BCUT2D eigenvalue weighted by Crippen LogP contribution is 2.75. The summed E-state index contributed by atoms with van der Waals surface area (Å²) in [6.07, 6.45) is 0. The Labute approximate surface area is 84.9 Å². The molecule has 0 aromatic carbocycles. The Balaban J connectivity index is 3.62. The second-order valence-electron chi connectivity index (χ2n) is 2.93. The molecule has 0 amide bonds. The lowest BCUT2D eigenvalue weighted by molar-refractivity contribution is -0.180. The minimum Gasteiger partial charge on any atom is -0.321 e. The molecule has 1 rings (SSSR count). The molecule has 0 radical (unpaired) electrons. The molecule has 0 aliphatic heterocycles. The van der Waals surface area contributed by atoms with E-state index < -0.39 is 37.7 Å². The molecule has 1 aliphatic carbocycles. The quantitative estimate of drug-likeness (QED) is 0.441. The first-order valence-corrected chi connectivity index (χ1v) is 6.59. The monoisotopic (exact) mass is 286 g/mol. The van der Waals surface area contributed by atoms with Gasteiger partial charge in [-0.2, -0.15) is 17.6 Å². The Hall–Kier alpha value is -0.240. The fraction of sp³-hybridized carbons (Fsp3) is 0.500. The van der Waals surface area contributed by atoms with E-state index in [1.54, 1.807) is 0 Å². The number of rotatable bonds is 2. The van der Waals surface area contributed by atoms with E-state index >= 15 is 0 Å². The van der Waals surface area contributed by atoms with Gasteiger partial charge < -0.3 is 19.6 Å². The highest BCUT2D eigenvalue weighted by molar-refractivity contribution is 7.61. The molecule has 16 heavy (non-hydrogen) atoms. The van der Waals surface area contributed by atoms with E-state index in [4.69, 9.17) is 19.6 Å². The maximum Gasteiger partial charge on any atom is 0.359 e. The highest BCUT2D eigenvalue weighted by Gasteiger charge is 2.79. The summed E-state index contributed by atoms with van der Waals surface area (Å²) in [5.41, 5.74) is 0. The van der Waals surface area contributed by atoms with Gasteiger partial charge in [-0.25, -0.2) is 0 Å². The molecule has 6 nitrogen and oxygen atoms in total. The van der Waals surface area contributed by atoms with Crippen LogP contribution < -0.4 is 0 Å². The van der Waals surface area contributed by atoms with Crippen molar-refractivity contribution in [3.8, 4) is 0 Å². The molecule has 0 saturated heterocycles. The van der Waals surface area contributed by atoms with Crippen LogP contribution in [0.3, 0.4) is 0 Å². The molecule has 0 aromatic rings. The average molecular weight is 286 g/mol. The van der Waals surface area contributed by atoms with Crippen molar-refractivity contribution in [1.29, 1.82) is 0 Å². The normalized spacial score (nSPS) is 24.2. The van der Waals surface area contributed by atoms with Gasteiger partial charge in [0, 0.05) is 0 Å². The van der Waals surface area contributed by atoms with Crippen molar-refractivity contribution < 1.29 is 46.3 Å². The maximum absolute atomic E-state index is 12.6. The largest absolute Gasteiger partial charge is 0.359 e. The predicted molar refractivity (Wildman–Crippen MR) is 41.0 cm³/mol. The van der Waals surface area contributed by atoms with Crippen LogP contribution in [0.25, 0.3) is 0 Å². The smallest absolute Gasteiger partial charge is 0.321 e. The third-order valence-corrected chi connectivity index (χ3v) is 4.15. The second-order valence-corrected chi connectivity index (χ2v) is 6.00. The summed E-state index contributed by atoms with van der Waals surface area (Å²) in [5, 5.41) is -5.00. The summed E-state index contributed by atoms with van der Waals surface area (Å²) >= 11 is 0. The van der Waals surface area contributed by atoms with Gasteiger partial charge in [0.2, 0.25) is 0 Å². The van der Waals surface area contributed by atoms with Crippen LogP contribution in [-0.2, 0) is 9.13 Å². The third kappa shape index (κ3) is 1.66. The van der Waals surface area contributed by atoms with E-state index in [-0.39, 0.29) is 0 Å². The molecule has 0 bridgehead atoms. The molecular formula is C4H4F4O6P2. The number of hydrogen-bond donors (Lipinski definition) is 4. The summed E-state index contributed by atoms with van der Waals surface area (Å²) in [6, 6.07) is 0. The van der Waals surface area contributed by atoms with Gasteiger partial charge in [-0.3, -0.25) is 9.13 Å². The summed E-state index contributed by atoms with van der Waals surface area (Å²) in [6.45, 7) is 0. The zero-order valence-electron chi connectivity index (χ0n) is 7.01. The number of allylic oxidation sites excluding steroid dienone is 2. The van der Waals surface area contributed by atoms with Gasteiger partial charge in [0.15, 0.2) is 0 Å². The van der Waals surface area contributed by atoms with Gasteiger partial charge >= 0.3 is 27.0 Å². The zero-order valence-corrected chi connectivity index (χ0v) is 8.80. The van der Waals surface area contributed by atoms with E-state index in [2.05, 4.69) is 0 Å². The van der Waals surface area contributed by atoms with Gasteiger partial charge in [0.25, 0.3) is 0 Å². The van der Waals surface area contributed by atoms with Crippen LogP contribution in [-0.4, -0.2) is 31.4 Å². The van der Waals surface area contributed by atoms with Crippen LogP contribution in [0.1, 0.15) is 0 Å². The lowest BCUT2D eigenvalue weighted by Crippen LogP contribution is -2.53. The van der Waals surface area contributed by atoms with Crippen LogP contribution in [0.2, 0.25) is 0 Å². The van der Waals surface area contributed by atoms with Gasteiger partial charge in [0.05, 0.1) is 0 Å². The molecular weight excluding hydrogens is 282 g/mol. The van der Waals surface area contributed by atoms with Crippen molar-refractivity contribution >= 4 is 15.2 Å². The molecule has 0 heterocycles. The molecule has 0 fully saturated rings. The summed E-state index contributed by atoms with van der Waals surface area (Å²) < 4.78 is 71.4. The fourth-order valence-electron chi connectivity index (χ4n) is 1.17. The first kappa shape index (κ1) is 13.8.